The summed E-state index contributed by atoms with van der Waals surface area (Å²) < 4.78 is 4.67. The Morgan fingerprint density at radius 3 is 2.38 bits per heavy atom. The van der Waals surface area contributed by atoms with Gasteiger partial charge in [0.1, 0.15) is 0 Å². The van der Waals surface area contributed by atoms with E-state index in [4.69, 9.17) is 0 Å². The molecule has 4 heteroatoms. The predicted octanol–water partition coefficient (Wildman–Crippen LogP) is 6.94. The lowest BCUT2D eigenvalue weighted by Crippen LogP contribution is -2.19. The zero-order valence-corrected chi connectivity index (χ0v) is 20.1. The Kier molecular flexibility index (Phi) is 9.01. The molecule has 1 aliphatic carbocycles. The number of hydrogen-bond donors (Lipinski definition) is 1. The molecule has 1 aliphatic rings. The SMILES string of the molecule is COC(=O)c1ccc(NC(=O)\C=C(C)/C=C/C=C(C)/C=C/C2=C(C)CCCC2(C)C)cc1. The third-order valence-corrected chi connectivity index (χ3v) is 5.71. The molecule has 0 fully saturated rings. The Labute approximate surface area is 192 Å². The standard InChI is InChI=1S/C28H35NO3/c1-20(12-17-25-22(3)11-8-18-28(25,4)5)9-7-10-21(2)19-26(30)29-24-15-13-23(14-16-24)27(31)32-6/h7,9-10,12-17,19H,8,11,18H2,1-6H3,(H,29,30)/b10-7+,17-12+,20-9+,21-19-. The van der Waals surface area contributed by atoms with Gasteiger partial charge in [0.05, 0.1) is 12.7 Å². The van der Waals surface area contributed by atoms with Gasteiger partial charge in [-0.3, -0.25) is 4.79 Å². The quantitative estimate of drug-likeness (QED) is 0.288. The molecule has 0 spiro atoms. The Hall–Kier alpha value is -3.14. The van der Waals surface area contributed by atoms with E-state index in [1.54, 1.807) is 30.3 Å². The highest BCUT2D eigenvalue weighted by Gasteiger charge is 2.26. The number of anilines is 1. The van der Waals surface area contributed by atoms with Crippen molar-refractivity contribution in [1.82, 2.24) is 0 Å². The Balaban J connectivity index is 1.95. The molecule has 0 bridgehead atoms. The molecule has 0 heterocycles. The van der Waals surface area contributed by atoms with Crippen molar-refractivity contribution in [2.24, 2.45) is 5.41 Å². The molecule has 0 aromatic heterocycles. The van der Waals surface area contributed by atoms with Gasteiger partial charge in [-0.05, 0) is 80.9 Å². The molecule has 1 aromatic carbocycles. The van der Waals surface area contributed by atoms with Crippen LogP contribution >= 0.6 is 0 Å². The largest absolute Gasteiger partial charge is 0.465 e. The maximum Gasteiger partial charge on any atom is 0.337 e. The van der Waals surface area contributed by atoms with E-state index in [1.165, 1.54) is 37.5 Å². The molecule has 0 saturated carbocycles. The van der Waals surface area contributed by atoms with Crippen molar-refractivity contribution in [3.63, 3.8) is 0 Å². The fourth-order valence-electron chi connectivity index (χ4n) is 3.87. The van der Waals surface area contributed by atoms with Gasteiger partial charge in [-0.1, -0.05) is 55.4 Å². The lowest BCUT2D eigenvalue weighted by atomic mass is 9.72. The molecule has 0 atom stereocenters. The topological polar surface area (TPSA) is 55.4 Å². The third-order valence-electron chi connectivity index (χ3n) is 5.71. The highest BCUT2D eigenvalue weighted by molar-refractivity contribution is 6.00. The van der Waals surface area contributed by atoms with Gasteiger partial charge in [0.15, 0.2) is 0 Å². The van der Waals surface area contributed by atoms with Gasteiger partial charge < -0.3 is 10.1 Å². The highest BCUT2D eigenvalue weighted by Crippen LogP contribution is 2.40. The number of esters is 1. The minimum atomic E-state index is -0.406. The summed E-state index contributed by atoms with van der Waals surface area (Å²) in [6, 6.07) is 6.58. The molecule has 0 saturated heterocycles. The number of allylic oxidation sites excluding steroid dienone is 9. The van der Waals surface area contributed by atoms with Crippen molar-refractivity contribution in [2.45, 2.75) is 53.9 Å². The average molecular weight is 434 g/mol. The van der Waals surface area contributed by atoms with Crippen LogP contribution in [0.1, 0.15) is 64.2 Å². The Morgan fingerprint density at radius 1 is 1.06 bits per heavy atom. The zero-order chi connectivity index (χ0) is 23.7. The molecule has 170 valence electrons. The van der Waals surface area contributed by atoms with E-state index < -0.39 is 5.97 Å². The summed E-state index contributed by atoms with van der Waals surface area (Å²) in [4.78, 5) is 23.7. The van der Waals surface area contributed by atoms with E-state index in [2.05, 4.69) is 49.9 Å². The van der Waals surface area contributed by atoms with Crippen LogP contribution in [-0.4, -0.2) is 19.0 Å². The fraction of sp³-hybridized carbons (Fsp3) is 0.357. The average Bonchev–Trinajstić information content (AvgIpc) is 2.72. The number of amides is 1. The van der Waals surface area contributed by atoms with Crippen LogP contribution in [0.4, 0.5) is 5.69 Å². The molecule has 0 aliphatic heterocycles. The summed E-state index contributed by atoms with van der Waals surface area (Å²) in [5.74, 6) is -0.628. The second-order valence-corrected chi connectivity index (χ2v) is 8.98. The van der Waals surface area contributed by atoms with Crippen LogP contribution in [0, 0.1) is 5.41 Å². The number of carbonyl (C=O) groups is 2. The van der Waals surface area contributed by atoms with E-state index in [9.17, 15) is 9.59 Å². The minimum Gasteiger partial charge on any atom is -0.465 e. The van der Waals surface area contributed by atoms with E-state index in [0.29, 0.717) is 11.3 Å². The minimum absolute atomic E-state index is 0.222. The maximum atomic E-state index is 12.2. The summed E-state index contributed by atoms with van der Waals surface area (Å²) in [5.41, 5.74) is 6.24. The molecule has 1 aromatic rings. The summed E-state index contributed by atoms with van der Waals surface area (Å²) in [5, 5.41) is 2.79. The molecular weight excluding hydrogens is 398 g/mol. The Morgan fingerprint density at radius 2 is 1.75 bits per heavy atom. The third kappa shape index (κ3) is 7.52. The predicted molar refractivity (Wildman–Crippen MR) is 133 cm³/mol. The molecule has 0 radical (unpaired) electrons. The van der Waals surface area contributed by atoms with Crippen LogP contribution in [0.3, 0.4) is 0 Å². The zero-order valence-electron chi connectivity index (χ0n) is 20.1. The van der Waals surface area contributed by atoms with E-state index >= 15 is 0 Å². The van der Waals surface area contributed by atoms with Crippen LogP contribution in [0.15, 0.2) is 83.0 Å². The molecular formula is C28H35NO3. The first-order chi connectivity index (χ1) is 15.1. The molecule has 1 amide bonds. The second-order valence-electron chi connectivity index (χ2n) is 8.98. The lowest BCUT2D eigenvalue weighted by Gasteiger charge is -2.32. The Bertz CT molecular complexity index is 986. The van der Waals surface area contributed by atoms with Crippen molar-refractivity contribution < 1.29 is 14.3 Å². The van der Waals surface area contributed by atoms with E-state index in [0.717, 1.165) is 11.1 Å². The first-order valence-electron chi connectivity index (χ1n) is 11.0. The van der Waals surface area contributed by atoms with E-state index in [1.807, 2.05) is 25.2 Å². The van der Waals surface area contributed by atoms with Gasteiger partial charge in [0.2, 0.25) is 5.91 Å². The summed E-state index contributed by atoms with van der Waals surface area (Å²) in [6.45, 7) is 10.8. The van der Waals surface area contributed by atoms with Crippen LogP contribution in [0.5, 0.6) is 0 Å². The second kappa shape index (κ2) is 11.5. The smallest absolute Gasteiger partial charge is 0.337 e. The molecule has 32 heavy (non-hydrogen) atoms. The highest BCUT2D eigenvalue weighted by atomic mass is 16.5. The number of ether oxygens (including phenoxy) is 1. The first kappa shape index (κ1) is 25.1. The molecule has 1 N–H and O–H groups in total. The summed E-state index contributed by atoms with van der Waals surface area (Å²) in [7, 11) is 1.34. The maximum absolute atomic E-state index is 12.2. The summed E-state index contributed by atoms with van der Waals surface area (Å²) in [6.07, 6.45) is 15.6. The van der Waals surface area contributed by atoms with Crippen molar-refractivity contribution in [3.8, 4) is 0 Å². The molecule has 0 unspecified atom stereocenters. The van der Waals surface area contributed by atoms with Gasteiger partial charge in [0.25, 0.3) is 0 Å². The monoisotopic (exact) mass is 433 g/mol. The van der Waals surface area contributed by atoms with Crippen molar-refractivity contribution in [3.05, 3.63) is 88.6 Å². The van der Waals surface area contributed by atoms with Gasteiger partial charge in [-0.2, -0.15) is 0 Å². The van der Waals surface area contributed by atoms with Crippen LogP contribution in [-0.2, 0) is 9.53 Å². The van der Waals surface area contributed by atoms with E-state index in [-0.39, 0.29) is 11.3 Å². The molecule has 2 rings (SSSR count). The first-order valence-corrected chi connectivity index (χ1v) is 11.0. The van der Waals surface area contributed by atoms with Crippen LogP contribution in [0.25, 0.3) is 0 Å². The summed E-state index contributed by atoms with van der Waals surface area (Å²) >= 11 is 0. The molecule has 4 nitrogen and oxygen atoms in total. The number of methoxy groups -OCH3 is 1. The number of carbonyl (C=O) groups excluding carboxylic acids is 2. The van der Waals surface area contributed by atoms with Gasteiger partial charge in [-0.25, -0.2) is 4.79 Å². The van der Waals surface area contributed by atoms with Gasteiger partial charge >= 0.3 is 5.97 Å². The number of nitrogens with one attached hydrogen (secondary N) is 1. The van der Waals surface area contributed by atoms with Crippen molar-refractivity contribution in [1.29, 1.82) is 0 Å². The van der Waals surface area contributed by atoms with Crippen LogP contribution < -0.4 is 5.32 Å². The number of benzene rings is 1. The van der Waals surface area contributed by atoms with Crippen LogP contribution in [0.2, 0.25) is 0 Å². The van der Waals surface area contributed by atoms with Crippen molar-refractivity contribution in [2.75, 3.05) is 12.4 Å². The lowest BCUT2D eigenvalue weighted by molar-refractivity contribution is -0.111. The van der Waals surface area contributed by atoms with Gasteiger partial charge in [0, 0.05) is 11.8 Å². The van der Waals surface area contributed by atoms with Gasteiger partial charge in [-0.15, -0.1) is 0 Å². The fourth-order valence-corrected chi connectivity index (χ4v) is 3.87. The number of rotatable bonds is 7. The number of hydrogen-bond acceptors (Lipinski definition) is 3. The van der Waals surface area contributed by atoms with Crippen molar-refractivity contribution >= 4 is 17.6 Å². The normalized spacial score (nSPS) is 17.2.